The summed E-state index contributed by atoms with van der Waals surface area (Å²) in [6.45, 7) is 1.86. The quantitative estimate of drug-likeness (QED) is 0.808. The largest absolute Gasteiger partial charge is 0.348 e. The summed E-state index contributed by atoms with van der Waals surface area (Å²) in [6.07, 6.45) is 0. The van der Waals surface area contributed by atoms with Gasteiger partial charge in [0.05, 0.1) is 5.92 Å². The Kier molecular flexibility index (Phi) is 4.53. The Labute approximate surface area is 125 Å². The van der Waals surface area contributed by atoms with Crippen LogP contribution >= 0.6 is 0 Å². The zero-order valence-electron chi connectivity index (χ0n) is 12.5. The molecule has 0 saturated heterocycles. The third kappa shape index (κ3) is 3.37. The zero-order valence-corrected chi connectivity index (χ0v) is 12.5. The summed E-state index contributed by atoms with van der Waals surface area (Å²) in [5.74, 6) is -0.259. The molecule has 0 aromatic heterocycles. The van der Waals surface area contributed by atoms with Crippen molar-refractivity contribution in [1.29, 1.82) is 0 Å². The number of amides is 1. The number of carbonyl (C=O) groups is 2. The Bertz CT molecular complexity index is 647. The molecular weight excluding hydrogens is 262 g/mol. The van der Waals surface area contributed by atoms with Crippen molar-refractivity contribution in [3.63, 3.8) is 0 Å². The molecule has 0 spiro atoms. The molecular formula is C18H19NO2. The maximum atomic E-state index is 12.4. The highest BCUT2D eigenvalue weighted by atomic mass is 16.2. The Morgan fingerprint density at radius 1 is 0.905 bits per heavy atom. The lowest BCUT2D eigenvalue weighted by Crippen LogP contribution is -2.26. The maximum Gasteiger partial charge on any atom is 0.229 e. The summed E-state index contributed by atoms with van der Waals surface area (Å²) in [6, 6.07) is 16.5. The minimum absolute atomic E-state index is 0.0260. The van der Waals surface area contributed by atoms with Crippen molar-refractivity contribution in [1.82, 2.24) is 4.90 Å². The van der Waals surface area contributed by atoms with Gasteiger partial charge in [0.25, 0.3) is 0 Å². The summed E-state index contributed by atoms with van der Waals surface area (Å²) < 4.78 is 0. The zero-order chi connectivity index (χ0) is 15.4. The molecule has 2 rings (SSSR count). The van der Waals surface area contributed by atoms with Crippen molar-refractivity contribution in [2.24, 2.45) is 0 Å². The van der Waals surface area contributed by atoms with Crippen molar-refractivity contribution in [2.45, 2.75) is 12.8 Å². The van der Waals surface area contributed by atoms with Crippen molar-refractivity contribution in [3.8, 4) is 0 Å². The second-order valence-electron chi connectivity index (χ2n) is 5.27. The Balaban J connectivity index is 2.30. The Morgan fingerprint density at radius 3 is 2.14 bits per heavy atom. The van der Waals surface area contributed by atoms with E-state index in [1.807, 2.05) is 37.3 Å². The van der Waals surface area contributed by atoms with E-state index in [4.69, 9.17) is 0 Å². The molecule has 0 fully saturated rings. The smallest absolute Gasteiger partial charge is 0.229 e. The second-order valence-corrected chi connectivity index (χ2v) is 5.27. The van der Waals surface area contributed by atoms with Gasteiger partial charge in [-0.05, 0) is 18.6 Å². The van der Waals surface area contributed by atoms with Crippen LogP contribution in [0.4, 0.5) is 0 Å². The highest BCUT2D eigenvalue weighted by molar-refractivity contribution is 6.09. The molecule has 3 heteroatoms. The molecule has 1 amide bonds. The van der Waals surface area contributed by atoms with E-state index in [1.165, 1.54) is 0 Å². The summed E-state index contributed by atoms with van der Waals surface area (Å²) in [4.78, 5) is 26.0. The molecule has 0 aliphatic rings. The Hall–Kier alpha value is -2.42. The van der Waals surface area contributed by atoms with E-state index in [9.17, 15) is 9.59 Å². The predicted molar refractivity (Wildman–Crippen MR) is 83.4 cm³/mol. The highest BCUT2D eigenvalue weighted by Crippen LogP contribution is 2.20. The van der Waals surface area contributed by atoms with E-state index < -0.39 is 0 Å². The Morgan fingerprint density at radius 2 is 1.52 bits per heavy atom. The highest BCUT2D eigenvalue weighted by Gasteiger charge is 2.18. The minimum atomic E-state index is -0.261. The molecule has 0 heterocycles. The first kappa shape index (κ1) is 15.0. The molecule has 1 atom stereocenters. The lowest BCUT2D eigenvalue weighted by molar-refractivity contribution is -0.129. The first-order valence-corrected chi connectivity index (χ1v) is 6.91. The predicted octanol–water partition coefficient (Wildman–Crippen LogP) is 3.11. The number of ketones is 1. The van der Waals surface area contributed by atoms with E-state index in [-0.39, 0.29) is 17.6 Å². The standard InChI is InChI=1S/C18H19NO2/c1-13(18(21)19(2)3)15-10-7-11-16(12-15)17(20)14-8-5-4-6-9-14/h4-13H,1-3H3. The lowest BCUT2D eigenvalue weighted by atomic mass is 9.95. The third-order valence-corrected chi connectivity index (χ3v) is 3.50. The van der Waals surface area contributed by atoms with Gasteiger partial charge in [0, 0.05) is 25.2 Å². The first-order chi connectivity index (χ1) is 10.0. The van der Waals surface area contributed by atoms with Crippen LogP contribution in [-0.4, -0.2) is 30.7 Å². The molecule has 108 valence electrons. The van der Waals surface area contributed by atoms with Crippen LogP contribution in [0, 0.1) is 0 Å². The van der Waals surface area contributed by atoms with Gasteiger partial charge in [-0.15, -0.1) is 0 Å². The topological polar surface area (TPSA) is 37.4 Å². The van der Waals surface area contributed by atoms with Crippen LogP contribution in [0.2, 0.25) is 0 Å². The van der Waals surface area contributed by atoms with Gasteiger partial charge in [-0.2, -0.15) is 0 Å². The van der Waals surface area contributed by atoms with Crippen LogP contribution in [0.5, 0.6) is 0 Å². The lowest BCUT2D eigenvalue weighted by Gasteiger charge is -2.17. The van der Waals surface area contributed by atoms with Crippen molar-refractivity contribution < 1.29 is 9.59 Å². The SMILES string of the molecule is CC(C(=O)N(C)C)c1cccc(C(=O)c2ccccc2)c1. The fourth-order valence-electron chi connectivity index (χ4n) is 2.24. The molecule has 21 heavy (non-hydrogen) atoms. The van der Waals surface area contributed by atoms with Gasteiger partial charge < -0.3 is 4.90 Å². The van der Waals surface area contributed by atoms with E-state index in [2.05, 4.69) is 0 Å². The molecule has 0 aliphatic heterocycles. The minimum Gasteiger partial charge on any atom is -0.348 e. The molecule has 2 aromatic rings. The third-order valence-electron chi connectivity index (χ3n) is 3.50. The number of nitrogens with zero attached hydrogens (tertiary/aromatic N) is 1. The number of likely N-dealkylation sites (N-methyl/N-ethyl adjacent to an activating group) is 1. The van der Waals surface area contributed by atoms with Crippen molar-refractivity contribution >= 4 is 11.7 Å². The molecule has 0 N–H and O–H groups in total. The van der Waals surface area contributed by atoms with Crippen LogP contribution in [0.3, 0.4) is 0 Å². The molecule has 2 aromatic carbocycles. The monoisotopic (exact) mass is 281 g/mol. The van der Waals surface area contributed by atoms with Crippen molar-refractivity contribution in [2.75, 3.05) is 14.1 Å². The molecule has 0 radical (unpaired) electrons. The average Bonchev–Trinajstić information content (AvgIpc) is 2.53. The van der Waals surface area contributed by atoms with E-state index in [0.717, 1.165) is 5.56 Å². The van der Waals surface area contributed by atoms with E-state index >= 15 is 0 Å². The fraction of sp³-hybridized carbons (Fsp3) is 0.222. The van der Waals surface area contributed by atoms with Crippen LogP contribution in [0.25, 0.3) is 0 Å². The summed E-state index contributed by atoms with van der Waals surface area (Å²) >= 11 is 0. The van der Waals surface area contributed by atoms with Crippen LogP contribution < -0.4 is 0 Å². The fourth-order valence-corrected chi connectivity index (χ4v) is 2.24. The summed E-state index contributed by atoms with van der Waals surface area (Å²) in [7, 11) is 3.47. The van der Waals surface area contributed by atoms with Gasteiger partial charge in [0.2, 0.25) is 5.91 Å². The van der Waals surface area contributed by atoms with Gasteiger partial charge in [-0.25, -0.2) is 0 Å². The number of benzene rings is 2. The number of hydrogen-bond donors (Lipinski definition) is 0. The molecule has 0 bridgehead atoms. The molecule has 0 aliphatic carbocycles. The number of hydrogen-bond acceptors (Lipinski definition) is 2. The molecule has 3 nitrogen and oxygen atoms in total. The van der Waals surface area contributed by atoms with Gasteiger partial charge in [0.1, 0.15) is 0 Å². The maximum absolute atomic E-state index is 12.4. The van der Waals surface area contributed by atoms with Gasteiger partial charge in [-0.1, -0.05) is 48.5 Å². The van der Waals surface area contributed by atoms with Crippen LogP contribution in [0.15, 0.2) is 54.6 Å². The van der Waals surface area contributed by atoms with Crippen molar-refractivity contribution in [3.05, 3.63) is 71.3 Å². The number of rotatable bonds is 4. The van der Waals surface area contributed by atoms with Gasteiger partial charge >= 0.3 is 0 Å². The first-order valence-electron chi connectivity index (χ1n) is 6.91. The molecule has 1 unspecified atom stereocenters. The average molecular weight is 281 g/mol. The second kappa shape index (κ2) is 6.35. The summed E-state index contributed by atoms with van der Waals surface area (Å²) in [5.41, 5.74) is 2.12. The van der Waals surface area contributed by atoms with Gasteiger partial charge in [0.15, 0.2) is 5.78 Å². The van der Waals surface area contributed by atoms with E-state index in [1.54, 1.807) is 43.3 Å². The number of carbonyl (C=O) groups excluding carboxylic acids is 2. The van der Waals surface area contributed by atoms with Gasteiger partial charge in [-0.3, -0.25) is 9.59 Å². The van der Waals surface area contributed by atoms with E-state index in [0.29, 0.717) is 11.1 Å². The van der Waals surface area contributed by atoms with Crippen LogP contribution in [0.1, 0.15) is 34.3 Å². The normalized spacial score (nSPS) is 11.8. The van der Waals surface area contributed by atoms with Crippen LogP contribution in [-0.2, 0) is 4.79 Å². The molecule has 0 saturated carbocycles. The summed E-state index contributed by atoms with van der Waals surface area (Å²) in [5, 5.41) is 0.